The summed E-state index contributed by atoms with van der Waals surface area (Å²) in [4.78, 5) is 22.0. The van der Waals surface area contributed by atoms with Gasteiger partial charge < -0.3 is 11.1 Å². The van der Waals surface area contributed by atoms with Crippen molar-refractivity contribution < 1.29 is 4.79 Å². The summed E-state index contributed by atoms with van der Waals surface area (Å²) in [6.07, 6.45) is 2.50. The molecule has 4 rings (SSSR count). The lowest BCUT2D eigenvalue weighted by Crippen LogP contribution is -2.17. The predicted octanol–water partition coefficient (Wildman–Crippen LogP) is 5.26. The molecule has 0 aliphatic carbocycles. The maximum absolute atomic E-state index is 12.7. The number of carbonyl (C=O) groups is 1. The highest BCUT2D eigenvalue weighted by molar-refractivity contribution is 9.10. The molecular weight excluding hydrogens is 452 g/mol. The molecule has 6 heteroatoms. The molecule has 0 unspecified atom stereocenters. The van der Waals surface area contributed by atoms with Gasteiger partial charge in [-0.05, 0) is 35.4 Å². The lowest BCUT2D eigenvalue weighted by Gasteiger charge is -2.12. The number of nitrogen functional groups attached to an aromatic ring is 1. The fraction of sp³-hybridized carbons (Fsp3) is 0.0800. The van der Waals surface area contributed by atoms with Crippen molar-refractivity contribution in [2.75, 3.05) is 11.1 Å². The van der Waals surface area contributed by atoms with E-state index >= 15 is 0 Å². The van der Waals surface area contributed by atoms with Gasteiger partial charge >= 0.3 is 0 Å². The Labute approximate surface area is 189 Å². The smallest absolute Gasteiger partial charge is 0.229 e. The van der Waals surface area contributed by atoms with Crippen LogP contribution in [0.2, 0.25) is 0 Å². The summed E-state index contributed by atoms with van der Waals surface area (Å²) in [5.41, 5.74) is 10.9. The monoisotopic (exact) mass is 472 g/mol. The van der Waals surface area contributed by atoms with Crippen LogP contribution in [0.5, 0.6) is 0 Å². The van der Waals surface area contributed by atoms with Crippen LogP contribution in [0.15, 0.2) is 89.5 Å². The van der Waals surface area contributed by atoms with Crippen LogP contribution >= 0.6 is 15.9 Å². The molecule has 0 aliphatic rings. The standard InChI is InChI=1S/C25H21BrN4O/c26-20-10-6-18(7-11-20)15-24(31)30-25-22(14-17-4-2-1-3-5-17)29-23(16-28-25)19-8-12-21(27)13-9-19/h1-13,16H,14-15,27H2,(H,28,30,31). The van der Waals surface area contributed by atoms with Crippen LogP contribution in [0.25, 0.3) is 11.3 Å². The quantitative estimate of drug-likeness (QED) is 0.375. The maximum Gasteiger partial charge on any atom is 0.229 e. The fourth-order valence-corrected chi connectivity index (χ4v) is 3.47. The van der Waals surface area contributed by atoms with Gasteiger partial charge in [0.25, 0.3) is 0 Å². The van der Waals surface area contributed by atoms with Gasteiger partial charge in [0.15, 0.2) is 5.82 Å². The van der Waals surface area contributed by atoms with E-state index in [0.29, 0.717) is 23.6 Å². The molecule has 0 radical (unpaired) electrons. The second-order valence-corrected chi connectivity index (χ2v) is 8.10. The number of anilines is 2. The van der Waals surface area contributed by atoms with E-state index in [4.69, 9.17) is 10.7 Å². The van der Waals surface area contributed by atoms with Crippen molar-refractivity contribution in [3.05, 3.63) is 106 Å². The second kappa shape index (κ2) is 9.53. The van der Waals surface area contributed by atoms with Gasteiger partial charge in [-0.1, -0.05) is 70.5 Å². The van der Waals surface area contributed by atoms with Crippen LogP contribution in [-0.4, -0.2) is 15.9 Å². The number of amides is 1. The molecule has 0 atom stereocenters. The van der Waals surface area contributed by atoms with Crippen LogP contribution in [0.3, 0.4) is 0 Å². The fourth-order valence-electron chi connectivity index (χ4n) is 3.20. The zero-order valence-electron chi connectivity index (χ0n) is 16.8. The Morgan fingerprint density at radius 1 is 0.903 bits per heavy atom. The van der Waals surface area contributed by atoms with E-state index in [1.165, 1.54) is 0 Å². The molecule has 5 nitrogen and oxygen atoms in total. The number of halogens is 1. The van der Waals surface area contributed by atoms with Crippen molar-refractivity contribution in [1.29, 1.82) is 0 Å². The first kappa shape index (κ1) is 20.8. The molecule has 0 spiro atoms. The van der Waals surface area contributed by atoms with Crippen molar-refractivity contribution >= 4 is 33.3 Å². The Morgan fingerprint density at radius 3 is 2.32 bits per heavy atom. The molecule has 1 amide bonds. The van der Waals surface area contributed by atoms with Crippen molar-refractivity contribution in [1.82, 2.24) is 9.97 Å². The lowest BCUT2D eigenvalue weighted by atomic mass is 10.1. The summed E-state index contributed by atoms with van der Waals surface area (Å²) in [6.45, 7) is 0. The third-order valence-electron chi connectivity index (χ3n) is 4.80. The highest BCUT2D eigenvalue weighted by Gasteiger charge is 2.13. The van der Waals surface area contributed by atoms with Gasteiger partial charge in [0, 0.05) is 22.1 Å². The van der Waals surface area contributed by atoms with Gasteiger partial charge in [-0.3, -0.25) is 4.79 Å². The van der Waals surface area contributed by atoms with Gasteiger partial charge in [-0.2, -0.15) is 0 Å². The van der Waals surface area contributed by atoms with E-state index in [2.05, 4.69) is 26.2 Å². The number of carbonyl (C=O) groups excluding carboxylic acids is 1. The molecule has 31 heavy (non-hydrogen) atoms. The first-order chi connectivity index (χ1) is 15.1. The Bertz CT molecular complexity index is 1180. The molecule has 3 aromatic carbocycles. The van der Waals surface area contributed by atoms with E-state index in [1.807, 2.05) is 78.9 Å². The molecule has 0 bridgehead atoms. The molecular formula is C25H21BrN4O. The van der Waals surface area contributed by atoms with Crippen LogP contribution in [-0.2, 0) is 17.6 Å². The van der Waals surface area contributed by atoms with E-state index in [9.17, 15) is 4.79 Å². The highest BCUT2D eigenvalue weighted by Crippen LogP contribution is 2.23. The molecule has 1 heterocycles. The molecule has 0 fully saturated rings. The summed E-state index contributed by atoms with van der Waals surface area (Å²) in [6, 6.07) is 25.2. The van der Waals surface area contributed by atoms with Crippen LogP contribution in [0.4, 0.5) is 11.5 Å². The average molecular weight is 473 g/mol. The van der Waals surface area contributed by atoms with Gasteiger partial charge in [-0.25, -0.2) is 9.97 Å². The van der Waals surface area contributed by atoms with Crippen molar-refractivity contribution in [2.45, 2.75) is 12.8 Å². The Kier molecular flexibility index (Phi) is 6.38. The number of nitrogens with two attached hydrogens (primary N) is 1. The Balaban J connectivity index is 1.61. The third kappa shape index (κ3) is 5.55. The number of aromatic nitrogens is 2. The summed E-state index contributed by atoms with van der Waals surface area (Å²) in [5, 5.41) is 2.94. The average Bonchev–Trinajstić information content (AvgIpc) is 2.78. The SMILES string of the molecule is Nc1ccc(-c2cnc(NC(=O)Cc3ccc(Br)cc3)c(Cc3ccccc3)n2)cc1. The summed E-state index contributed by atoms with van der Waals surface area (Å²) in [5.74, 6) is 0.344. The van der Waals surface area contributed by atoms with Gasteiger partial charge in [0.2, 0.25) is 5.91 Å². The van der Waals surface area contributed by atoms with Crippen LogP contribution in [0, 0.1) is 0 Å². The minimum atomic E-state index is -0.133. The maximum atomic E-state index is 12.7. The van der Waals surface area contributed by atoms with E-state index in [-0.39, 0.29) is 12.3 Å². The summed E-state index contributed by atoms with van der Waals surface area (Å²) >= 11 is 3.41. The van der Waals surface area contributed by atoms with Gasteiger partial charge in [0.05, 0.1) is 24.0 Å². The lowest BCUT2D eigenvalue weighted by molar-refractivity contribution is -0.115. The number of benzene rings is 3. The van der Waals surface area contributed by atoms with Gasteiger partial charge in [-0.15, -0.1) is 0 Å². The molecule has 0 saturated heterocycles. The van der Waals surface area contributed by atoms with Crippen molar-refractivity contribution in [3.63, 3.8) is 0 Å². The first-order valence-corrected chi connectivity index (χ1v) is 10.7. The normalized spacial score (nSPS) is 10.6. The number of nitrogens with one attached hydrogen (secondary N) is 1. The number of hydrogen-bond acceptors (Lipinski definition) is 4. The molecule has 154 valence electrons. The molecule has 4 aromatic rings. The zero-order chi connectivity index (χ0) is 21.6. The first-order valence-electron chi connectivity index (χ1n) is 9.87. The third-order valence-corrected chi connectivity index (χ3v) is 5.33. The number of nitrogens with zero attached hydrogens (tertiary/aromatic N) is 2. The van der Waals surface area contributed by atoms with E-state index < -0.39 is 0 Å². The Morgan fingerprint density at radius 2 is 1.61 bits per heavy atom. The molecule has 0 saturated carbocycles. The minimum absolute atomic E-state index is 0.133. The summed E-state index contributed by atoms with van der Waals surface area (Å²) < 4.78 is 0.978. The van der Waals surface area contributed by atoms with Crippen molar-refractivity contribution in [3.8, 4) is 11.3 Å². The Hall–Kier alpha value is -3.51. The summed E-state index contributed by atoms with van der Waals surface area (Å²) in [7, 11) is 0. The van der Waals surface area contributed by atoms with Crippen LogP contribution < -0.4 is 11.1 Å². The zero-order valence-corrected chi connectivity index (χ0v) is 18.3. The predicted molar refractivity (Wildman–Crippen MR) is 128 cm³/mol. The van der Waals surface area contributed by atoms with E-state index in [0.717, 1.165) is 26.9 Å². The topological polar surface area (TPSA) is 80.9 Å². The molecule has 0 aliphatic heterocycles. The minimum Gasteiger partial charge on any atom is -0.399 e. The van der Waals surface area contributed by atoms with E-state index in [1.54, 1.807) is 6.20 Å². The second-order valence-electron chi connectivity index (χ2n) is 7.19. The largest absolute Gasteiger partial charge is 0.399 e. The van der Waals surface area contributed by atoms with Crippen molar-refractivity contribution in [2.24, 2.45) is 0 Å². The number of hydrogen-bond donors (Lipinski definition) is 2. The van der Waals surface area contributed by atoms with Crippen LogP contribution in [0.1, 0.15) is 16.8 Å². The van der Waals surface area contributed by atoms with Gasteiger partial charge in [0.1, 0.15) is 0 Å². The highest BCUT2D eigenvalue weighted by atomic mass is 79.9. The molecule has 1 aromatic heterocycles. The number of rotatable bonds is 6. The molecule has 3 N–H and O–H groups in total.